The van der Waals surface area contributed by atoms with Crippen LogP contribution >= 0.6 is 30.2 Å². The zero-order valence-electron chi connectivity index (χ0n) is 19.7. The third-order valence-corrected chi connectivity index (χ3v) is 10.3. The van der Waals surface area contributed by atoms with Crippen LogP contribution in [0.5, 0.6) is 0 Å². The van der Waals surface area contributed by atoms with Gasteiger partial charge in [-0.3, -0.25) is 9.55 Å². The van der Waals surface area contributed by atoms with Crippen LogP contribution < -0.4 is 9.97 Å². The molecule has 0 spiro atoms. The fourth-order valence-electron chi connectivity index (χ4n) is 4.18. The van der Waals surface area contributed by atoms with Crippen molar-refractivity contribution in [3.8, 4) is 21.8 Å². The molecule has 0 aliphatic heterocycles. The fourth-order valence-corrected chi connectivity index (χ4v) is 7.47. The average molecular weight is 537 g/mol. The number of aromatic nitrogens is 1. The minimum atomic E-state index is -3.12. The summed E-state index contributed by atoms with van der Waals surface area (Å²) >= 11 is 7.24. The average Bonchev–Trinajstić information content (AvgIpc) is 3.48. The Labute approximate surface area is 217 Å². The Morgan fingerprint density at radius 1 is 1.08 bits per heavy atom. The number of carbonyl (C=O) groups is 1. The molecular formula is C27H22ClN2O4PS. The van der Waals surface area contributed by atoms with E-state index in [0.29, 0.717) is 27.4 Å². The van der Waals surface area contributed by atoms with Crippen molar-refractivity contribution < 1.29 is 18.9 Å². The molecule has 6 nitrogen and oxygen atoms in total. The standard InChI is InChI=1S/C27H22ClN2O4PS/c1-16-13-19(28)10-11-24(16)35(3,33)30(2)21-15-25(36-26(21)27(31)32)18-8-6-17(7-9-18)23-14-20-22(34-23)5-4-12-29-20/h4-15H,1-3H3,(H,31,32). The molecule has 0 amide bonds. The number of rotatable bonds is 6. The maximum atomic E-state index is 13.9. The van der Waals surface area contributed by atoms with Crippen LogP contribution in [-0.2, 0) is 4.57 Å². The van der Waals surface area contributed by atoms with Crippen LogP contribution in [0.1, 0.15) is 15.2 Å². The second kappa shape index (κ2) is 9.25. The maximum Gasteiger partial charge on any atom is 0.348 e. The van der Waals surface area contributed by atoms with Gasteiger partial charge in [0.15, 0.2) is 12.9 Å². The Balaban J connectivity index is 1.50. The van der Waals surface area contributed by atoms with Gasteiger partial charge in [-0.15, -0.1) is 11.3 Å². The largest absolute Gasteiger partial charge is 0.477 e. The predicted molar refractivity (Wildman–Crippen MR) is 147 cm³/mol. The number of hydrogen-bond acceptors (Lipinski definition) is 5. The summed E-state index contributed by atoms with van der Waals surface area (Å²) in [6, 6.07) is 20.3. The van der Waals surface area contributed by atoms with E-state index in [1.165, 1.54) is 0 Å². The van der Waals surface area contributed by atoms with E-state index in [0.717, 1.165) is 38.4 Å². The second-order valence-electron chi connectivity index (χ2n) is 8.54. The molecule has 0 bridgehead atoms. The van der Waals surface area contributed by atoms with Gasteiger partial charge in [0.1, 0.15) is 16.2 Å². The van der Waals surface area contributed by atoms with Gasteiger partial charge in [-0.05, 0) is 54.4 Å². The first kappa shape index (κ1) is 24.3. The third-order valence-electron chi connectivity index (χ3n) is 6.18. The lowest BCUT2D eigenvalue weighted by atomic mass is 10.1. The van der Waals surface area contributed by atoms with Crippen molar-refractivity contribution >= 4 is 58.3 Å². The number of furan rings is 1. The van der Waals surface area contributed by atoms with E-state index >= 15 is 0 Å². The first-order valence-electron chi connectivity index (χ1n) is 11.1. The van der Waals surface area contributed by atoms with Gasteiger partial charge in [0.2, 0.25) is 0 Å². The number of carboxylic acids is 1. The number of anilines is 1. The molecule has 0 saturated carbocycles. The van der Waals surface area contributed by atoms with Gasteiger partial charge in [0, 0.05) is 46.7 Å². The highest BCUT2D eigenvalue weighted by Crippen LogP contribution is 2.51. The van der Waals surface area contributed by atoms with Crippen molar-refractivity contribution in [2.75, 3.05) is 18.4 Å². The predicted octanol–water partition coefficient (Wildman–Crippen LogP) is 7.55. The topological polar surface area (TPSA) is 83.6 Å². The van der Waals surface area contributed by atoms with E-state index in [1.54, 1.807) is 48.8 Å². The molecule has 0 fully saturated rings. The summed E-state index contributed by atoms with van der Waals surface area (Å²) in [6.07, 6.45) is 1.72. The number of aryl methyl sites for hydroxylation is 1. The number of carboxylic acid groups (broad SMARTS) is 1. The van der Waals surface area contributed by atoms with E-state index in [2.05, 4.69) is 4.98 Å². The number of benzene rings is 2. The van der Waals surface area contributed by atoms with Crippen LogP contribution in [0.25, 0.3) is 32.9 Å². The maximum absolute atomic E-state index is 13.9. The molecule has 36 heavy (non-hydrogen) atoms. The quantitative estimate of drug-likeness (QED) is 0.225. The number of fused-ring (bicyclic) bond motifs is 1. The van der Waals surface area contributed by atoms with Crippen molar-refractivity contribution in [1.82, 2.24) is 4.98 Å². The Kier molecular flexibility index (Phi) is 6.25. The van der Waals surface area contributed by atoms with Crippen molar-refractivity contribution in [2.24, 2.45) is 0 Å². The Morgan fingerprint density at radius 2 is 1.81 bits per heavy atom. The third kappa shape index (κ3) is 4.35. The normalized spacial score (nSPS) is 13.0. The first-order chi connectivity index (χ1) is 17.1. The molecule has 5 rings (SSSR count). The molecule has 0 aliphatic carbocycles. The zero-order valence-corrected chi connectivity index (χ0v) is 22.2. The van der Waals surface area contributed by atoms with Crippen molar-refractivity contribution in [2.45, 2.75) is 6.92 Å². The van der Waals surface area contributed by atoms with Gasteiger partial charge in [0.25, 0.3) is 0 Å². The van der Waals surface area contributed by atoms with E-state index in [1.807, 2.05) is 49.4 Å². The molecule has 1 atom stereocenters. The molecule has 5 aromatic rings. The lowest BCUT2D eigenvalue weighted by molar-refractivity contribution is 0.0703. The van der Waals surface area contributed by atoms with E-state index in [-0.39, 0.29) is 4.88 Å². The Morgan fingerprint density at radius 3 is 2.47 bits per heavy atom. The molecular weight excluding hydrogens is 515 g/mol. The lowest BCUT2D eigenvalue weighted by Crippen LogP contribution is -2.23. The molecule has 1 unspecified atom stereocenters. The summed E-state index contributed by atoms with van der Waals surface area (Å²) in [6.45, 7) is 3.49. The van der Waals surface area contributed by atoms with Gasteiger partial charge in [-0.2, -0.15) is 0 Å². The van der Waals surface area contributed by atoms with Crippen molar-refractivity contribution in [3.05, 3.63) is 88.4 Å². The molecule has 0 radical (unpaired) electrons. The van der Waals surface area contributed by atoms with Crippen molar-refractivity contribution in [3.63, 3.8) is 0 Å². The lowest BCUT2D eigenvalue weighted by Gasteiger charge is -2.28. The highest BCUT2D eigenvalue weighted by molar-refractivity contribution is 7.72. The molecule has 0 saturated heterocycles. The molecule has 1 N–H and O–H groups in total. The SMILES string of the molecule is Cc1cc(Cl)ccc1P(C)(=O)N(C)c1cc(-c2ccc(-c3cc4ncccc4o3)cc2)sc1C(=O)O. The zero-order chi connectivity index (χ0) is 25.6. The van der Waals surface area contributed by atoms with Crippen LogP contribution in [0, 0.1) is 6.92 Å². The Hall–Kier alpha value is -3.38. The van der Waals surface area contributed by atoms with Gasteiger partial charge in [-0.1, -0.05) is 35.9 Å². The molecule has 3 aromatic heterocycles. The number of aromatic carboxylic acids is 1. The summed E-state index contributed by atoms with van der Waals surface area (Å²) in [5.41, 5.74) is 4.45. The summed E-state index contributed by atoms with van der Waals surface area (Å²) in [5, 5.41) is 11.1. The molecule has 2 aromatic carbocycles. The van der Waals surface area contributed by atoms with Gasteiger partial charge in [-0.25, -0.2) is 4.79 Å². The van der Waals surface area contributed by atoms with E-state index < -0.39 is 13.3 Å². The first-order valence-corrected chi connectivity index (χ1v) is 14.4. The number of halogens is 1. The molecule has 9 heteroatoms. The highest BCUT2D eigenvalue weighted by Gasteiger charge is 2.31. The van der Waals surface area contributed by atoms with Crippen LogP contribution in [0.15, 0.2) is 77.3 Å². The summed E-state index contributed by atoms with van der Waals surface area (Å²) in [7, 11) is -1.45. The van der Waals surface area contributed by atoms with E-state index in [9.17, 15) is 14.5 Å². The Bertz CT molecular complexity index is 1630. The van der Waals surface area contributed by atoms with Crippen LogP contribution in [-0.4, -0.2) is 29.8 Å². The van der Waals surface area contributed by atoms with Crippen LogP contribution in [0.2, 0.25) is 5.02 Å². The van der Waals surface area contributed by atoms with Gasteiger partial charge in [0.05, 0.1) is 5.69 Å². The molecule has 182 valence electrons. The van der Waals surface area contributed by atoms with Gasteiger partial charge < -0.3 is 14.2 Å². The molecule has 0 aliphatic rings. The smallest absolute Gasteiger partial charge is 0.348 e. The van der Waals surface area contributed by atoms with Gasteiger partial charge >= 0.3 is 5.97 Å². The van der Waals surface area contributed by atoms with Crippen LogP contribution in [0.3, 0.4) is 0 Å². The second-order valence-corrected chi connectivity index (χ2v) is 12.9. The van der Waals surface area contributed by atoms with E-state index in [4.69, 9.17) is 16.0 Å². The minimum Gasteiger partial charge on any atom is -0.477 e. The number of thiophene rings is 1. The van der Waals surface area contributed by atoms with Crippen molar-refractivity contribution in [1.29, 1.82) is 0 Å². The highest BCUT2D eigenvalue weighted by atomic mass is 35.5. The monoisotopic (exact) mass is 536 g/mol. The van der Waals surface area contributed by atoms with Crippen LogP contribution in [0.4, 0.5) is 5.69 Å². The summed E-state index contributed by atoms with van der Waals surface area (Å²) in [5.74, 6) is -0.356. The number of nitrogens with zero attached hydrogens (tertiary/aromatic N) is 2. The summed E-state index contributed by atoms with van der Waals surface area (Å²) in [4.78, 5) is 17.3. The summed E-state index contributed by atoms with van der Waals surface area (Å²) < 4.78 is 21.4. The fraction of sp³-hybridized carbons (Fsp3) is 0.111. The number of hydrogen-bond donors (Lipinski definition) is 1. The minimum absolute atomic E-state index is 0.133. The number of pyridine rings is 1. The molecule has 3 heterocycles.